The summed E-state index contributed by atoms with van der Waals surface area (Å²) in [6, 6.07) is 11.3. The van der Waals surface area contributed by atoms with Gasteiger partial charge in [-0.2, -0.15) is 0 Å². The van der Waals surface area contributed by atoms with Crippen LogP contribution in [0.4, 0.5) is 5.88 Å². The highest BCUT2D eigenvalue weighted by Crippen LogP contribution is 2.52. The number of benzene rings is 2. The van der Waals surface area contributed by atoms with Gasteiger partial charge in [0.1, 0.15) is 5.75 Å². The zero-order valence-electron chi connectivity index (χ0n) is 19.4. The van der Waals surface area contributed by atoms with Crippen molar-refractivity contribution >= 4 is 23.3 Å². The molecular weight excluding hydrogens is 456 g/mol. The van der Waals surface area contributed by atoms with Gasteiger partial charge in [0.05, 0.1) is 38.5 Å². The Morgan fingerprint density at radius 2 is 1.68 bits per heavy atom. The first-order valence-electron chi connectivity index (χ1n) is 11.0. The van der Waals surface area contributed by atoms with Crippen molar-refractivity contribution in [3.8, 4) is 17.2 Å². The number of aryl methyl sites for hydroxylation is 1. The molecule has 0 spiro atoms. The van der Waals surface area contributed by atoms with Crippen LogP contribution in [-0.2, 0) is 4.79 Å². The van der Waals surface area contributed by atoms with Crippen LogP contribution in [0.2, 0.25) is 5.02 Å². The molecule has 1 aliphatic heterocycles. The Hall–Kier alpha value is -3.45. The Morgan fingerprint density at radius 1 is 1.00 bits per heavy atom. The van der Waals surface area contributed by atoms with E-state index in [1.807, 2.05) is 37.3 Å². The lowest BCUT2D eigenvalue weighted by atomic mass is 9.72. The summed E-state index contributed by atoms with van der Waals surface area (Å²) < 4.78 is 22.4. The topological polar surface area (TPSA) is 82.8 Å². The van der Waals surface area contributed by atoms with E-state index in [0.29, 0.717) is 52.3 Å². The SMILES string of the molecule is COc1cc(OC)c([C@H]2C3=C(C[C@@H](c4ccc(Cl)cc4)CC3=O)Nc3onc(C)c32)cc1OC. The van der Waals surface area contributed by atoms with Gasteiger partial charge in [0.25, 0.3) is 0 Å². The van der Waals surface area contributed by atoms with Gasteiger partial charge < -0.3 is 24.1 Å². The van der Waals surface area contributed by atoms with E-state index in [4.69, 9.17) is 30.3 Å². The maximum Gasteiger partial charge on any atom is 0.233 e. The number of ketones is 1. The summed E-state index contributed by atoms with van der Waals surface area (Å²) in [6.07, 6.45) is 1.06. The molecule has 1 N–H and O–H groups in total. The molecule has 5 rings (SSSR count). The maximum absolute atomic E-state index is 13.7. The quantitative estimate of drug-likeness (QED) is 0.507. The standard InChI is InChI=1S/C26H25ClN2O5/c1-13-23-24(17-11-21(32-3)22(33-4)12-20(17)31-2)25-18(28-26(23)34-29-13)9-15(10-19(25)30)14-5-7-16(27)8-6-14/h5-8,11-12,15,24,28H,9-10H2,1-4H3/t15-,24-/m1/s1. The van der Waals surface area contributed by atoms with Crippen molar-refractivity contribution in [2.45, 2.75) is 31.6 Å². The number of hydrogen-bond acceptors (Lipinski definition) is 7. The lowest BCUT2D eigenvalue weighted by Gasteiger charge is -2.35. The largest absolute Gasteiger partial charge is 0.496 e. The summed E-state index contributed by atoms with van der Waals surface area (Å²) in [6.45, 7) is 1.87. The van der Waals surface area contributed by atoms with Gasteiger partial charge in [-0.15, -0.1) is 0 Å². The molecule has 0 fully saturated rings. The molecule has 2 heterocycles. The van der Waals surface area contributed by atoms with E-state index in [0.717, 1.165) is 22.4 Å². The smallest absolute Gasteiger partial charge is 0.233 e. The summed E-state index contributed by atoms with van der Waals surface area (Å²) in [4.78, 5) is 13.7. The van der Waals surface area contributed by atoms with Gasteiger partial charge in [0.15, 0.2) is 17.3 Å². The van der Waals surface area contributed by atoms with Crippen LogP contribution in [0.15, 0.2) is 52.2 Å². The van der Waals surface area contributed by atoms with Gasteiger partial charge in [0, 0.05) is 34.3 Å². The Balaban J connectivity index is 1.67. The molecule has 176 valence electrons. The number of carbonyl (C=O) groups excluding carboxylic acids is 1. The van der Waals surface area contributed by atoms with Gasteiger partial charge in [0.2, 0.25) is 5.88 Å². The molecule has 2 atom stereocenters. The van der Waals surface area contributed by atoms with E-state index in [9.17, 15) is 4.79 Å². The third-order valence-corrected chi connectivity index (χ3v) is 6.90. The van der Waals surface area contributed by atoms with Crippen LogP contribution in [0.3, 0.4) is 0 Å². The molecule has 7 nitrogen and oxygen atoms in total. The van der Waals surface area contributed by atoms with Crippen molar-refractivity contribution in [2.75, 3.05) is 26.6 Å². The molecule has 2 aliphatic rings. The second-order valence-electron chi connectivity index (χ2n) is 8.49. The fourth-order valence-electron chi connectivity index (χ4n) is 5.03. The zero-order valence-corrected chi connectivity index (χ0v) is 20.2. The zero-order chi connectivity index (χ0) is 24.0. The average Bonchev–Trinajstić information content (AvgIpc) is 3.22. The van der Waals surface area contributed by atoms with Gasteiger partial charge in [-0.05, 0) is 43.0 Å². The number of anilines is 1. The molecule has 0 amide bonds. The van der Waals surface area contributed by atoms with E-state index < -0.39 is 5.92 Å². The predicted octanol–water partition coefficient (Wildman–Crippen LogP) is 5.62. The minimum Gasteiger partial charge on any atom is -0.496 e. The number of rotatable bonds is 5. The minimum atomic E-state index is -0.411. The molecular formula is C26H25ClN2O5. The monoisotopic (exact) mass is 480 g/mol. The Bertz CT molecular complexity index is 1300. The molecule has 2 aromatic carbocycles. The molecule has 0 saturated carbocycles. The second-order valence-corrected chi connectivity index (χ2v) is 8.93. The first kappa shape index (κ1) is 22.3. The maximum atomic E-state index is 13.7. The minimum absolute atomic E-state index is 0.0366. The van der Waals surface area contributed by atoms with Crippen molar-refractivity contribution in [1.29, 1.82) is 0 Å². The molecule has 0 radical (unpaired) electrons. The van der Waals surface area contributed by atoms with E-state index in [-0.39, 0.29) is 11.7 Å². The molecule has 0 bridgehead atoms. The summed E-state index contributed by atoms with van der Waals surface area (Å²) in [5.74, 6) is 1.93. The van der Waals surface area contributed by atoms with Crippen LogP contribution in [0.1, 0.15) is 47.1 Å². The highest BCUT2D eigenvalue weighted by Gasteiger charge is 2.42. The van der Waals surface area contributed by atoms with Gasteiger partial charge >= 0.3 is 0 Å². The van der Waals surface area contributed by atoms with E-state index in [1.54, 1.807) is 27.4 Å². The van der Waals surface area contributed by atoms with Crippen molar-refractivity contribution in [3.63, 3.8) is 0 Å². The van der Waals surface area contributed by atoms with Crippen molar-refractivity contribution in [1.82, 2.24) is 5.16 Å². The van der Waals surface area contributed by atoms with Gasteiger partial charge in [-0.1, -0.05) is 28.9 Å². The summed E-state index contributed by atoms with van der Waals surface area (Å²) in [7, 11) is 4.76. The van der Waals surface area contributed by atoms with Crippen molar-refractivity contribution < 1.29 is 23.5 Å². The van der Waals surface area contributed by atoms with Crippen LogP contribution >= 0.6 is 11.6 Å². The van der Waals surface area contributed by atoms with E-state index in [1.165, 1.54) is 0 Å². The summed E-state index contributed by atoms with van der Waals surface area (Å²) in [5.41, 5.74) is 4.94. The summed E-state index contributed by atoms with van der Waals surface area (Å²) >= 11 is 6.07. The lowest BCUT2D eigenvalue weighted by Crippen LogP contribution is -2.29. The normalized spacial score (nSPS) is 19.3. The molecule has 0 unspecified atom stereocenters. The number of halogens is 1. The molecule has 1 aromatic heterocycles. The fraction of sp³-hybridized carbons (Fsp3) is 0.308. The van der Waals surface area contributed by atoms with Crippen molar-refractivity contribution in [3.05, 3.63) is 75.1 Å². The number of nitrogens with zero attached hydrogens (tertiary/aromatic N) is 1. The first-order chi connectivity index (χ1) is 16.4. The number of ether oxygens (including phenoxy) is 3. The highest BCUT2D eigenvalue weighted by molar-refractivity contribution is 6.30. The number of nitrogens with one attached hydrogen (secondary N) is 1. The van der Waals surface area contributed by atoms with E-state index in [2.05, 4.69) is 10.5 Å². The molecule has 34 heavy (non-hydrogen) atoms. The van der Waals surface area contributed by atoms with Crippen LogP contribution in [0.25, 0.3) is 0 Å². The van der Waals surface area contributed by atoms with Gasteiger partial charge in [-0.25, -0.2) is 0 Å². The third-order valence-electron chi connectivity index (χ3n) is 6.65. The lowest BCUT2D eigenvalue weighted by molar-refractivity contribution is -0.116. The van der Waals surface area contributed by atoms with Gasteiger partial charge in [-0.3, -0.25) is 4.79 Å². The number of methoxy groups -OCH3 is 3. The highest BCUT2D eigenvalue weighted by atomic mass is 35.5. The predicted molar refractivity (Wildman–Crippen MR) is 128 cm³/mol. The number of aromatic nitrogens is 1. The van der Waals surface area contributed by atoms with Crippen LogP contribution < -0.4 is 19.5 Å². The third kappa shape index (κ3) is 3.60. The molecule has 0 saturated heterocycles. The molecule has 8 heteroatoms. The number of allylic oxidation sites excluding steroid dienone is 2. The Labute approximate surface area is 202 Å². The Morgan fingerprint density at radius 3 is 2.35 bits per heavy atom. The second kappa shape index (κ2) is 8.72. The number of hydrogen-bond donors (Lipinski definition) is 1. The fourth-order valence-corrected chi connectivity index (χ4v) is 5.16. The molecule has 3 aromatic rings. The number of carbonyl (C=O) groups is 1. The Kier molecular flexibility index (Phi) is 5.73. The van der Waals surface area contributed by atoms with Crippen LogP contribution in [0, 0.1) is 6.92 Å². The van der Waals surface area contributed by atoms with E-state index >= 15 is 0 Å². The summed E-state index contributed by atoms with van der Waals surface area (Å²) in [5, 5.41) is 8.22. The number of Topliss-reactive ketones (excluding diaryl/α,β-unsaturated/α-hetero) is 1. The average molecular weight is 481 g/mol. The van der Waals surface area contributed by atoms with Crippen molar-refractivity contribution in [2.24, 2.45) is 0 Å². The first-order valence-corrected chi connectivity index (χ1v) is 11.4. The van der Waals surface area contributed by atoms with Crippen LogP contribution in [-0.4, -0.2) is 32.3 Å². The van der Waals surface area contributed by atoms with Crippen LogP contribution in [0.5, 0.6) is 17.2 Å². The number of fused-ring (bicyclic) bond motifs is 1. The molecule has 1 aliphatic carbocycles.